The Kier molecular flexibility index (Phi) is 5.65. The van der Waals surface area contributed by atoms with Crippen LogP contribution in [0.3, 0.4) is 0 Å². The highest BCUT2D eigenvalue weighted by molar-refractivity contribution is 7.80. The first-order chi connectivity index (χ1) is 13.7. The zero-order valence-corrected chi connectivity index (χ0v) is 17.4. The van der Waals surface area contributed by atoms with E-state index in [-0.39, 0.29) is 5.69 Å². The fraction of sp³-hybridized carbons (Fsp3) is 0.238. The minimum Gasteiger partial charge on any atom is -0.466 e. The van der Waals surface area contributed by atoms with Crippen molar-refractivity contribution < 1.29 is 14.5 Å². The second kappa shape index (κ2) is 8.00. The van der Waals surface area contributed by atoms with Crippen LogP contribution in [-0.2, 0) is 9.53 Å². The van der Waals surface area contributed by atoms with Crippen molar-refractivity contribution >= 4 is 34.7 Å². The zero-order chi connectivity index (χ0) is 21.3. The molecule has 3 rings (SSSR count). The molecule has 0 saturated carbocycles. The van der Waals surface area contributed by atoms with Gasteiger partial charge in [-0.05, 0) is 55.7 Å². The molecule has 0 spiro atoms. The van der Waals surface area contributed by atoms with E-state index in [1.165, 1.54) is 19.2 Å². The van der Waals surface area contributed by atoms with E-state index in [0.29, 0.717) is 21.9 Å². The van der Waals surface area contributed by atoms with Gasteiger partial charge in [0.15, 0.2) is 5.11 Å². The summed E-state index contributed by atoms with van der Waals surface area (Å²) in [6.45, 7) is 5.75. The Labute approximate surface area is 174 Å². The van der Waals surface area contributed by atoms with Gasteiger partial charge in [0.05, 0.1) is 29.3 Å². The molecular weight excluding hydrogens is 390 g/mol. The van der Waals surface area contributed by atoms with E-state index in [2.05, 4.69) is 5.32 Å². The number of carbonyl (C=O) groups is 1. The molecule has 1 N–H and O–H groups in total. The highest BCUT2D eigenvalue weighted by Gasteiger charge is 2.36. The first kappa shape index (κ1) is 20.5. The van der Waals surface area contributed by atoms with Gasteiger partial charge in [-0.15, -0.1) is 0 Å². The molecule has 0 unspecified atom stereocenters. The number of methoxy groups -OCH3 is 1. The Morgan fingerprint density at radius 1 is 1.21 bits per heavy atom. The van der Waals surface area contributed by atoms with Crippen LogP contribution in [0.1, 0.15) is 29.7 Å². The summed E-state index contributed by atoms with van der Waals surface area (Å²) in [4.78, 5) is 25.2. The minimum absolute atomic E-state index is 0.0611. The molecule has 0 saturated heterocycles. The standard InChI is InChI=1S/C21H21N3O4S/c1-12-8-9-13(2)17(10-12)23-14(3)18(20(25)28-4)19(22-21(23)29)15-6-5-7-16(11-15)24(26)27/h5-11,19H,1-4H3,(H,22,29)/t19-/m1/s1. The minimum atomic E-state index is -0.656. The van der Waals surface area contributed by atoms with Crippen molar-refractivity contribution in [3.63, 3.8) is 0 Å². The summed E-state index contributed by atoms with van der Waals surface area (Å²) in [5.41, 5.74) is 4.38. The number of allylic oxidation sites excluding steroid dienone is 1. The highest BCUT2D eigenvalue weighted by atomic mass is 32.1. The molecule has 0 amide bonds. The van der Waals surface area contributed by atoms with E-state index in [1.54, 1.807) is 24.0 Å². The third-order valence-corrected chi connectivity index (χ3v) is 5.21. The number of hydrogen-bond acceptors (Lipinski definition) is 5. The van der Waals surface area contributed by atoms with Gasteiger partial charge in [0.25, 0.3) is 5.69 Å². The summed E-state index contributed by atoms with van der Waals surface area (Å²) in [6.07, 6.45) is 0. The number of rotatable bonds is 4. The molecule has 0 fully saturated rings. The smallest absolute Gasteiger partial charge is 0.337 e. The van der Waals surface area contributed by atoms with Crippen LogP contribution in [0.5, 0.6) is 0 Å². The van der Waals surface area contributed by atoms with Gasteiger partial charge < -0.3 is 10.1 Å². The normalized spacial score (nSPS) is 16.5. The van der Waals surface area contributed by atoms with Gasteiger partial charge in [-0.1, -0.05) is 24.3 Å². The molecule has 1 atom stereocenters. The third-order valence-electron chi connectivity index (χ3n) is 4.91. The van der Waals surface area contributed by atoms with E-state index in [0.717, 1.165) is 16.8 Å². The highest BCUT2D eigenvalue weighted by Crippen LogP contribution is 2.36. The number of nitrogens with one attached hydrogen (secondary N) is 1. The predicted octanol–water partition coefficient (Wildman–Crippen LogP) is 4.09. The van der Waals surface area contributed by atoms with Crippen molar-refractivity contribution in [2.45, 2.75) is 26.8 Å². The molecule has 1 aliphatic rings. The topological polar surface area (TPSA) is 84.7 Å². The number of carbonyl (C=O) groups excluding carboxylic acids is 1. The van der Waals surface area contributed by atoms with Gasteiger partial charge in [0.2, 0.25) is 0 Å². The van der Waals surface area contributed by atoms with Crippen LogP contribution in [0.15, 0.2) is 53.7 Å². The Hall–Kier alpha value is -3.26. The van der Waals surface area contributed by atoms with Crippen molar-refractivity contribution in [2.75, 3.05) is 12.0 Å². The molecule has 7 nitrogen and oxygen atoms in total. The Morgan fingerprint density at radius 2 is 1.93 bits per heavy atom. The maximum atomic E-state index is 12.7. The van der Waals surface area contributed by atoms with E-state index >= 15 is 0 Å². The Balaban J connectivity index is 2.19. The second-order valence-corrected chi connectivity index (χ2v) is 7.24. The van der Waals surface area contributed by atoms with Crippen LogP contribution in [0.25, 0.3) is 0 Å². The van der Waals surface area contributed by atoms with Crippen LogP contribution in [0.2, 0.25) is 0 Å². The van der Waals surface area contributed by atoms with E-state index in [1.807, 2.05) is 32.0 Å². The SMILES string of the molecule is COC(=O)C1=C(C)N(c2cc(C)ccc2C)C(=S)N[C@@H]1c1cccc([N+](=O)[O-])c1. The maximum absolute atomic E-state index is 12.7. The number of esters is 1. The summed E-state index contributed by atoms with van der Waals surface area (Å²) in [7, 11) is 1.31. The number of aryl methyl sites for hydroxylation is 2. The molecule has 2 aromatic carbocycles. The quantitative estimate of drug-likeness (QED) is 0.351. The number of ether oxygens (including phenoxy) is 1. The number of hydrogen-bond donors (Lipinski definition) is 1. The van der Waals surface area contributed by atoms with Gasteiger partial charge in [-0.2, -0.15) is 0 Å². The van der Waals surface area contributed by atoms with Gasteiger partial charge in [-0.25, -0.2) is 4.79 Å². The van der Waals surface area contributed by atoms with Gasteiger partial charge in [0, 0.05) is 17.8 Å². The lowest BCUT2D eigenvalue weighted by Crippen LogP contribution is -2.48. The molecule has 0 aliphatic carbocycles. The van der Waals surface area contributed by atoms with E-state index in [9.17, 15) is 14.9 Å². The molecule has 1 heterocycles. The van der Waals surface area contributed by atoms with E-state index < -0.39 is 16.9 Å². The number of benzene rings is 2. The number of anilines is 1. The summed E-state index contributed by atoms with van der Waals surface area (Å²) >= 11 is 5.62. The lowest BCUT2D eigenvalue weighted by atomic mass is 9.94. The second-order valence-electron chi connectivity index (χ2n) is 6.85. The van der Waals surface area contributed by atoms with Crippen LogP contribution in [0.4, 0.5) is 11.4 Å². The fourth-order valence-electron chi connectivity index (χ4n) is 3.44. The van der Waals surface area contributed by atoms with Crippen LogP contribution in [-0.4, -0.2) is 23.1 Å². The molecule has 1 aliphatic heterocycles. The molecule has 150 valence electrons. The zero-order valence-electron chi connectivity index (χ0n) is 16.6. The number of nitrogens with zero attached hydrogens (tertiary/aromatic N) is 2. The molecule has 2 aromatic rings. The summed E-state index contributed by atoms with van der Waals surface area (Å²) in [6, 6.07) is 11.5. The van der Waals surface area contributed by atoms with Crippen molar-refractivity contribution in [3.05, 3.63) is 80.5 Å². The van der Waals surface area contributed by atoms with Gasteiger partial charge >= 0.3 is 5.97 Å². The lowest BCUT2D eigenvalue weighted by Gasteiger charge is -2.38. The van der Waals surface area contributed by atoms with Crippen molar-refractivity contribution in [2.24, 2.45) is 0 Å². The predicted molar refractivity (Wildman–Crippen MR) is 115 cm³/mol. The largest absolute Gasteiger partial charge is 0.466 e. The number of thiocarbonyl (C=S) groups is 1. The molecule has 0 radical (unpaired) electrons. The molecular formula is C21H21N3O4S. The third kappa shape index (κ3) is 3.84. The van der Waals surface area contributed by atoms with Crippen molar-refractivity contribution in [3.8, 4) is 0 Å². The molecule has 0 bridgehead atoms. The van der Waals surface area contributed by atoms with Crippen molar-refractivity contribution in [1.29, 1.82) is 0 Å². The Bertz CT molecular complexity index is 1050. The van der Waals surface area contributed by atoms with E-state index in [4.69, 9.17) is 17.0 Å². The van der Waals surface area contributed by atoms with Crippen LogP contribution in [0, 0.1) is 24.0 Å². The van der Waals surface area contributed by atoms with Crippen LogP contribution >= 0.6 is 12.2 Å². The monoisotopic (exact) mass is 411 g/mol. The average molecular weight is 411 g/mol. The summed E-state index contributed by atoms with van der Waals surface area (Å²) < 4.78 is 5.02. The lowest BCUT2D eigenvalue weighted by molar-refractivity contribution is -0.384. The number of nitro benzene ring substituents is 1. The van der Waals surface area contributed by atoms with Crippen molar-refractivity contribution in [1.82, 2.24) is 5.32 Å². The molecule has 0 aromatic heterocycles. The Morgan fingerprint density at radius 3 is 2.59 bits per heavy atom. The first-order valence-corrected chi connectivity index (χ1v) is 9.36. The fourth-order valence-corrected chi connectivity index (χ4v) is 3.79. The molecule has 29 heavy (non-hydrogen) atoms. The number of non-ortho nitro benzene ring substituents is 1. The molecule has 8 heteroatoms. The summed E-state index contributed by atoms with van der Waals surface area (Å²) in [5.74, 6) is -0.524. The maximum Gasteiger partial charge on any atom is 0.337 e. The van der Waals surface area contributed by atoms with Crippen LogP contribution < -0.4 is 10.2 Å². The van der Waals surface area contributed by atoms with Gasteiger partial charge in [0.1, 0.15) is 0 Å². The number of nitro groups is 1. The first-order valence-electron chi connectivity index (χ1n) is 8.96. The average Bonchev–Trinajstić information content (AvgIpc) is 2.69. The van der Waals surface area contributed by atoms with Gasteiger partial charge in [-0.3, -0.25) is 15.0 Å². The summed E-state index contributed by atoms with van der Waals surface area (Å²) in [5, 5.41) is 14.8.